The lowest BCUT2D eigenvalue weighted by molar-refractivity contribution is 0.0494. The van der Waals surface area contributed by atoms with Crippen LogP contribution in [0.3, 0.4) is 0 Å². The van der Waals surface area contributed by atoms with E-state index >= 15 is 0 Å². The molecule has 1 atom stereocenters. The number of rotatable bonds is 5. The van der Waals surface area contributed by atoms with Crippen LogP contribution in [-0.4, -0.2) is 31.3 Å². The molecule has 0 radical (unpaired) electrons. The summed E-state index contributed by atoms with van der Waals surface area (Å²) in [4.78, 5) is 11.9. The van der Waals surface area contributed by atoms with Crippen molar-refractivity contribution in [1.29, 1.82) is 0 Å². The number of hydrogen-bond donors (Lipinski definition) is 2. The molecule has 1 aliphatic rings. The minimum absolute atomic E-state index is 0.160. The maximum atomic E-state index is 11.9. The predicted molar refractivity (Wildman–Crippen MR) is 82.8 cm³/mol. The summed E-state index contributed by atoms with van der Waals surface area (Å²) in [5.41, 5.74) is -0.436. The van der Waals surface area contributed by atoms with Crippen LogP contribution < -0.4 is 10.6 Å². The Morgan fingerprint density at radius 3 is 2.35 bits per heavy atom. The Morgan fingerprint density at radius 2 is 1.85 bits per heavy atom. The molecule has 4 heteroatoms. The number of nitrogens with one attached hydrogen (secondary N) is 2. The van der Waals surface area contributed by atoms with Crippen LogP contribution in [-0.2, 0) is 4.74 Å². The van der Waals surface area contributed by atoms with Gasteiger partial charge >= 0.3 is 6.09 Å². The van der Waals surface area contributed by atoms with Gasteiger partial charge in [-0.25, -0.2) is 4.79 Å². The van der Waals surface area contributed by atoms with Crippen molar-refractivity contribution in [1.82, 2.24) is 10.6 Å². The molecule has 0 heterocycles. The van der Waals surface area contributed by atoms with Gasteiger partial charge in [0.15, 0.2) is 0 Å². The third-order valence-electron chi connectivity index (χ3n) is 3.92. The van der Waals surface area contributed by atoms with Gasteiger partial charge < -0.3 is 15.4 Å². The number of likely N-dealkylation sites (N-methyl/N-ethyl adjacent to an activating group) is 1. The van der Waals surface area contributed by atoms with E-state index < -0.39 is 5.60 Å². The molecule has 1 saturated carbocycles. The number of ether oxygens (including phenoxy) is 1. The fourth-order valence-corrected chi connectivity index (χ4v) is 2.88. The van der Waals surface area contributed by atoms with Crippen molar-refractivity contribution in [2.75, 3.05) is 13.6 Å². The molecule has 0 aromatic heterocycles. The van der Waals surface area contributed by atoms with Crippen molar-refractivity contribution in [3.63, 3.8) is 0 Å². The van der Waals surface area contributed by atoms with E-state index in [0.717, 1.165) is 24.8 Å². The lowest BCUT2D eigenvalue weighted by Gasteiger charge is -2.30. The molecule has 0 aliphatic heterocycles. The van der Waals surface area contributed by atoms with Gasteiger partial charge in [0.2, 0.25) is 0 Å². The number of hydrogen-bond acceptors (Lipinski definition) is 3. The van der Waals surface area contributed by atoms with Crippen LogP contribution in [0.15, 0.2) is 0 Å². The van der Waals surface area contributed by atoms with Gasteiger partial charge in [-0.05, 0) is 46.1 Å². The van der Waals surface area contributed by atoms with Crippen LogP contribution in [0, 0.1) is 11.8 Å². The first-order chi connectivity index (χ1) is 9.30. The Balaban J connectivity index is 2.41. The Bertz CT molecular complexity index is 291. The summed E-state index contributed by atoms with van der Waals surface area (Å²) >= 11 is 0. The SMILES string of the molecule is CNCC(CC1CCC(C)CC1)NC(=O)OC(C)(C)C. The second kappa shape index (κ2) is 7.87. The minimum atomic E-state index is -0.436. The summed E-state index contributed by atoms with van der Waals surface area (Å²) in [5.74, 6) is 1.60. The first-order valence-corrected chi connectivity index (χ1v) is 7.94. The van der Waals surface area contributed by atoms with Crippen molar-refractivity contribution in [2.24, 2.45) is 11.8 Å². The van der Waals surface area contributed by atoms with Crippen LogP contribution in [0.5, 0.6) is 0 Å². The summed E-state index contributed by atoms with van der Waals surface area (Å²) in [7, 11) is 1.92. The van der Waals surface area contributed by atoms with E-state index in [2.05, 4.69) is 17.6 Å². The predicted octanol–water partition coefficient (Wildman–Crippen LogP) is 3.32. The van der Waals surface area contributed by atoms with Crippen molar-refractivity contribution in [3.05, 3.63) is 0 Å². The largest absolute Gasteiger partial charge is 0.444 e. The van der Waals surface area contributed by atoms with E-state index in [4.69, 9.17) is 4.74 Å². The lowest BCUT2D eigenvalue weighted by atomic mass is 9.80. The summed E-state index contributed by atoms with van der Waals surface area (Å²) in [6, 6.07) is 0.160. The molecular weight excluding hydrogens is 252 g/mol. The molecule has 1 fully saturated rings. The number of carbonyl (C=O) groups is 1. The van der Waals surface area contributed by atoms with Crippen molar-refractivity contribution in [2.45, 2.75) is 71.4 Å². The molecule has 0 aromatic rings. The van der Waals surface area contributed by atoms with Gasteiger partial charge in [0.25, 0.3) is 0 Å². The monoisotopic (exact) mass is 284 g/mol. The van der Waals surface area contributed by atoms with Crippen molar-refractivity contribution < 1.29 is 9.53 Å². The standard InChI is InChI=1S/C16H32N2O2/c1-12-6-8-13(9-7-12)10-14(11-17-5)18-15(19)20-16(2,3)4/h12-14,17H,6-11H2,1-5H3,(H,18,19). The van der Waals surface area contributed by atoms with Gasteiger partial charge in [0.1, 0.15) is 5.60 Å². The maximum Gasteiger partial charge on any atom is 0.407 e. The topological polar surface area (TPSA) is 50.4 Å². The van der Waals surface area contributed by atoms with E-state index in [1.54, 1.807) is 0 Å². The molecule has 1 aliphatic carbocycles. The molecule has 1 rings (SSSR count). The van der Waals surface area contributed by atoms with Crippen LogP contribution in [0.25, 0.3) is 0 Å². The Labute approximate surface area is 124 Å². The number of amides is 1. The lowest BCUT2D eigenvalue weighted by Crippen LogP contribution is -2.44. The highest BCUT2D eigenvalue weighted by atomic mass is 16.6. The van der Waals surface area contributed by atoms with E-state index in [1.807, 2.05) is 27.8 Å². The molecule has 0 spiro atoms. The first kappa shape index (κ1) is 17.3. The molecule has 2 N–H and O–H groups in total. The summed E-state index contributed by atoms with van der Waals surface area (Å²) in [6.45, 7) is 8.80. The van der Waals surface area contributed by atoms with Gasteiger partial charge in [-0.2, -0.15) is 0 Å². The quantitative estimate of drug-likeness (QED) is 0.814. The van der Waals surface area contributed by atoms with Crippen LogP contribution in [0.4, 0.5) is 4.79 Å². The highest BCUT2D eigenvalue weighted by Crippen LogP contribution is 2.31. The third kappa shape index (κ3) is 7.13. The minimum Gasteiger partial charge on any atom is -0.444 e. The van der Waals surface area contributed by atoms with Crippen LogP contribution in [0.2, 0.25) is 0 Å². The average molecular weight is 284 g/mol. The zero-order valence-electron chi connectivity index (χ0n) is 13.8. The van der Waals surface area contributed by atoms with Gasteiger partial charge in [-0.1, -0.05) is 32.6 Å². The van der Waals surface area contributed by atoms with E-state index in [1.165, 1.54) is 25.7 Å². The van der Waals surface area contributed by atoms with E-state index in [0.29, 0.717) is 0 Å². The Kier molecular flexibility index (Phi) is 6.80. The fourth-order valence-electron chi connectivity index (χ4n) is 2.88. The van der Waals surface area contributed by atoms with Gasteiger partial charge in [-0.15, -0.1) is 0 Å². The molecule has 0 bridgehead atoms. The van der Waals surface area contributed by atoms with Crippen molar-refractivity contribution >= 4 is 6.09 Å². The van der Waals surface area contributed by atoms with E-state index in [-0.39, 0.29) is 12.1 Å². The number of carbonyl (C=O) groups excluding carboxylic acids is 1. The van der Waals surface area contributed by atoms with E-state index in [9.17, 15) is 4.79 Å². The van der Waals surface area contributed by atoms with Crippen molar-refractivity contribution in [3.8, 4) is 0 Å². The molecular formula is C16H32N2O2. The molecule has 0 saturated heterocycles. The molecule has 0 aromatic carbocycles. The molecule has 1 amide bonds. The Hall–Kier alpha value is -0.770. The van der Waals surface area contributed by atoms with Gasteiger partial charge in [0, 0.05) is 12.6 Å². The summed E-state index contributed by atoms with van der Waals surface area (Å²) in [5, 5.41) is 6.17. The smallest absolute Gasteiger partial charge is 0.407 e. The van der Waals surface area contributed by atoms with Crippen LogP contribution in [0.1, 0.15) is 59.8 Å². The Morgan fingerprint density at radius 1 is 1.25 bits per heavy atom. The highest BCUT2D eigenvalue weighted by molar-refractivity contribution is 5.68. The third-order valence-corrected chi connectivity index (χ3v) is 3.92. The summed E-state index contributed by atoms with van der Waals surface area (Å²) < 4.78 is 5.34. The second-order valence-corrected chi connectivity index (χ2v) is 7.26. The molecule has 20 heavy (non-hydrogen) atoms. The zero-order valence-corrected chi connectivity index (χ0v) is 13.8. The zero-order chi connectivity index (χ0) is 15.2. The average Bonchev–Trinajstić information content (AvgIpc) is 2.30. The molecule has 4 nitrogen and oxygen atoms in total. The van der Waals surface area contributed by atoms with Crippen LogP contribution >= 0.6 is 0 Å². The second-order valence-electron chi connectivity index (χ2n) is 7.26. The number of alkyl carbamates (subject to hydrolysis) is 1. The molecule has 118 valence electrons. The maximum absolute atomic E-state index is 11.9. The van der Waals surface area contributed by atoms with Gasteiger partial charge in [-0.3, -0.25) is 0 Å². The summed E-state index contributed by atoms with van der Waals surface area (Å²) in [6.07, 6.45) is 5.97. The highest BCUT2D eigenvalue weighted by Gasteiger charge is 2.24. The molecule has 1 unspecified atom stereocenters. The first-order valence-electron chi connectivity index (χ1n) is 7.94. The van der Waals surface area contributed by atoms with Gasteiger partial charge in [0.05, 0.1) is 0 Å². The fraction of sp³-hybridized carbons (Fsp3) is 0.938. The normalized spacial score (nSPS) is 25.1.